The number of halogens is 2. The van der Waals surface area contributed by atoms with Crippen molar-refractivity contribution in [2.75, 3.05) is 13.1 Å². The number of nitrogens with one attached hydrogen (secondary N) is 2. The van der Waals surface area contributed by atoms with Gasteiger partial charge in [0.05, 0.1) is 5.56 Å². The minimum atomic E-state index is -0.873. The standard InChI is InChI=1S/C17H19F2N3O4/c1-17(2,3)26-16(24)21-7-6-20-15(23)13-14(25-9-22-13)11-5-4-10(18)8-12(11)19/h4-5,8-9H,6-7H2,1-3H3,(H,20,23)(H,21,24). The van der Waals surface area contributed by atoms with Crippen molar-refractivity contribution in [3.63, 3.8) is 0 Å². The molecule has 0 unspecified atom stereocenters. The maximum atomic E-state index is 13.9. The van der Waals surface area contributed by atoms with E-state index < -0.39 is 29.2 Å². The summed E-state index contributed by atoms with van der Waals surface area (Å²) in [6, 6.07) is 2.89. The molecule has 0 spiro atoms. The van der Waals surface area contributed by atoms with Crippen molar-refractivity contribution in [2.45, 2.75) is 26.4 Å². The van der Waals surface area contributed by atoms with Crippen molar-refractivity contribution in [1.29, 1.82) is 0 Å². The molecular formula is C17H19F2N3O4. The molecule has 0 fully saturated rings. The molecule has 0 atom stereocenters. The zero-order chi connectivity index (χ0) is 19.3. The first kappa shape index (κ1) is 19.4. The predicted molar refractivity (Wildman–Crippen MR) is 88.4 cm³/mol. The van der Waals surface area contributed by atoms with Crippen LogP contribution < -0.4 is 10.6 Å². The van der Waals surface area contributed by atoms with E-state index in [9.17, 15) is 18.4 Å². The van der Waals surface area contributed by atoms with Crippen LogP contribution in [0.4, 0.5) is 13.6 Å². The average Bonchev–Trinajstić information content (AvgIpc) is 2.99. The van der Waals surface area contributed by atoms with Gasteiger partial charge in [0.15, 0.2) is 17.8 Å². The fourth-order valence-corrected chi connectivity index (χ4v) is 2.01. The number of amides is 2. The van der Waals surface area contributed by atoms with Gasteiger partial charge in [-0.05, 0) is 32.9 Å². The van der Waals surface area contributed by atoms with Crippen molar-refractivity contribution in [3.8, 4) is 11.3 Å². The van der Waals surface area contributed by atoms with Gasteiger partial charge < -0.3 is 19.8 Å². The van der Waals surface area contributed by atoms with E-state index in [-0.39, 0.29) is 30.1 Å². The number of hydrogen-bond donors (Lipinski definition) is 2. The summed E-state index contributed by atoms with van der Waals surface area (Å²) in [5.74, 6) is -2.35. The van der Waals surface area contributed by atoms with Crippen molar-refractivity contribution < 1.29 is 27.5 Å². The number of rotatable bonds is 5. The molecule has 2 N–H and O–H groups in total. The summed E-state index contributed by atoms with van der Waals surface area (Å²) in [5.41, 5.74) is -0.851. The van der Waals surface area contributed by atoms with Gasteiger partial charge in [-0.1, -0.05) is 0 Å². The molecule has 1 heterocycles. The Morgan fingerprint density at radius 3 is 2.54 bits per heavy atom. The van der Waals surface area contributed by atoms with E-state index in [1.807, 2.05) is 0 Å². The van der Waals surface area contributed by atoms with E-state index in [1.165, 1.54) is 0 Å². The Kier molecular flexibility index (Phi) is 5.91. The molecule has 2 rings (SSSR count). The molecule has 0 aliphatic heterocycles. The molecule has 0 radical (unpaired) electrons. The minimum Gasteiger partial charge on any atom is -0.444 e. The van der Waals surface area contributed by atoms with Crippen LogP contribution in [0.15, 0.2) is 29.0 Å². The van der Waals surface area contributed by atoms with Crippen molar-refractivity contribution in [3.05, 3.63) is 41.9 Å². The summed E-state index contributed by atoms with van der Waals surface area (Å²) in [4.78, 5) is 27.4. The number of alkyl carbamates (subject to hydrolysis) is 1. The quantitative estimate of drug-likeness (QED) is 0.793. The lowest BCUT2D eigenvalue weighted by Gasteiger charge is -2.19. The summed E-state index contributed by atoms with van der Waals surface area (Å²) in [6.07, 6.45) is 0.383. The molecule has 7 nitrogen and oxygen atoms in total. The Labute approximate surface area is 148 Å². The second-order valence-electron chi connectivity index (χ2n) is 6.34. The van der Waals surface area contributed by atoms with Gasteiger partial charge in [-0.15, -0.1) is 0 Å². The van der Waals surface area contributed by atoms with E-state index in [2.05, 4.69) is 15.6 Å². The third-order valence-corrected chi connectivity index (χ3v) is 3.04. The van der Waals surface area contributed by atoms with Crippen LogP contribution >= 0.6 is 0 Å². The summed E-state index contributed by atoms with van der Waals surface area (Å²) >= 11 is 0. The SMILES string of the molecule is CC(C)(C)OC(=O)NCCNC(=O)c1ncoc1-c1ccc(F)cc1F. The third kappa shape index (κ3) is 5.27. The Morgan fingerprint density at radius 1 is 1.19 bits per heavy atom. The highest BCUT2D eigenvalue weighted by molar-refractivity contribution is 5.97. The maximum Gasteiger partial charge on any atom is 0.407 e. The van der Waals surface area contributed by atoms with Gasteiger partial charge in [-0.3, -0.25) is 4.79 Å². The van der Waals surface area contributed by atoms with Crippen LogP contribution in [0.2, 0.25) is 0 Å². The molecule has 0 saturated carbocycles. The Bertz CT molecular complexity index is 800. The molecular weight excluding hydrogens is 348 g/mol. The third-order valence-electron chi connectivity index (χ3n) is 3.04. The predicted octanol–water partition coefficient (Wildman–Crippen LogP) is 2.87. The fraction of sp³-hybridized carbons (Fsp3) is 0.353. The largest absolute Gasteiger partial charge is 0.444 e. The number of carbonyl (C=O) groups is 2. The number of hydrogen-bond acceptors (Lipinski definition) is 5. The van der Waals surface area contributed by atoms with Crippen molar-refractivity contribution >= 4 is 12.0 Å². The zero-order valence-electron chi connectivity index (χ0n) is 14.6. The van der Waals surface area contributed by atoms with Crippen LogP contribution in [0.3, 0.4) is 0 Å². The molecule has 0 saturated heterocycles. The molecule has 9 heteroatoms. The Morgan fingerprint density at radius 2 is 1.88 bits per heavy atom. The number of nitrogens with zero attached hydrogens (tertiary/aromatic N) is 1. The number of ether oxygens (including phenoxy) is 1. The first-order valence-electron chi connectivity index (χ1n) is 7.81. The second-order valence-corrected chi connectivity index (χ2v) is 6.34. The van der Waals surface area contributed by atoms with E-state index >= 15 is 0 Å². The van der Waals surface area contributed by atoms with Gasteiger partial charge in [0.25, 0.3) is 5.91 Å². The Balaban J connectivity index is 1.93. The lowest BCUT2D eigenvalue weighted by atomic mass is 10.1. The number of carbonyl (C=O) groups excluding carboxylic acids is 2. The topological polar surface area (TPSA) is 93.5 Å². The number of oxazole rings is 1. The molecule has 2 amide bonds. The van der Waals surface area contributed by atoms with Crippen LogP contribution in [0.1, 0.15) is 31.3 Å². The van der Waals surface area contributed by atoms with E-state index in [0.29, 0.717) is 6.07 Å². The number of aromatic nitrogens is 1. The molecule has 0 aliphatic rings. The van der Waals surface area contributed by atoms with Gasteiger partial charge in [0.2, 0.25) is 0 Å². The first-order chi connectivity index (χ1) is 12.2. The van der Waals surface area contributed by atoms with E-state index in [1.54, 1.807) is 20.8 Å². The van der Waals surface area contributed by atoms with Crippen molar-refractivity contribution in [1.82, 2.24) is 15.6 Å². The normalized spacial score (nSPS) is 11.1. The van der Waals surface area contributed by atoms with E-state index in [0.717, 1.165) is 18.5 Å². The van der Waals surface area contributed by atoms with E-state index in [4.69, 9.17) is 9.15 Å². The Hall–Kier alpha value is -2.97. The molecule has 2 aromatic rings. The van der Waals surface area contributed by atoms with Gasteiger partial charge in [0, 0.05) is 19.2 Å². The van der Waals surface area contributed by atoms with Gasteiger partial charge in [0.1, 0.15) is 17.2 Å². The smallest absolute Gasteiger partial charge is 0.407 e. The monoisotopic (exact) mass is 367 g/mol. The van der Waals surface area contributed by atoms with Crippen LogP contribution in [-0.2, 0) is 4.74 Å². The minimum absolute atomic E-state index is 0.0825. The summed E-state index contributed by atoms with van der Waals surface area (Å²) < 4.78 is 37.0. The lowest BCUT2D eigenvalue weighted by molar-refractivity contribution is 0.0526. The summed E-state index contributed by atoms with van der Waals surface area (Å²) in [5, 5.41) is 5.00. The number of benzene rings is 1. The molecule has 0 bridgehead atoms. The molecule has 140 valence electrons. The van der Waals surface area contributed by atoms with Crippen LogP contribution in [0.25, 0.3) is 11.3 Å². The van der Waals surface area contributed by atoms with Gasteiger partial charge in [-0.25, -0.2) is 18.6 Å². The van der Waals surface area contributed by atoms with Crippen LogP contribution in [0, 0.1) is 11.6 Å². The molecule has 0 aliphatic carbocycles. The summed E-state index contributed by atoms with van der Waals surface area (Å²) in [6.45, 7) is 5.41. The summed E-state index contributed by atoms with van der Waals surface area (Å²) in [7, 11) is 0. The second kappa shape index (κ2) is 7.94. The highest BCUT2D eigenvalue weighted by Crippen LogP contribution is 2.26. The average molecular weight is 367 g/mol. The lowest BCUT2D eigenvalue weighted by Crippen LogP contribution is -2.38. The highest BCUT2D eigenvalue weighted by atomic mass is 19.1. The maximum absolute atomic E-state index is 13.9. The molecule has 1 aromatic carbocycles. The van der Waals surface area contributed by atoms with Gasteiger partial charge in [-0.2, -0.15) is 0 Å². The zero-order valence-corrected chi connectivity index (χ0v) is 14.6. The van der Waals surface area contributed by atoms with Gasteiger partial charge >= 0.3 is 6.09 Å². The fourth-order valence-electron chi connectivity index (χ4n) is 2.01. The van der Waals surface area contributed by atoms with Crippen molar-refractivity contribution in [2.24, 2.45) is 0 Å². The molecule has 1 aromatic heterocycles. The molecule has 26 heavy (non-hydrogen) atoms. The highest BCUT2D eigenvalue weighted by Gasteiger charge is 2.21. The van der Waals surface area contributed by atoms with Crippen LogP contribution in [-0.4, -0.2) is 35.7 Å². The van der Waals surface area contributed by atoms with Crippen LogP contribution in [0.5, 0.6) is 0 Å². The first-order valence-corrected chi connectivity index (χ1v) is 7.81.